The Kier molecular flexibility index (Phi) is 4.69. The van der Waals surface area contributed by atoms with Gasteiger partial charge in [0.25, 0.3) is 0 Å². The number of nitrogens with one attached hydrogen (secondary N) is 1. The first-order chi connectivity index (χ1) is 10.2. The molecule has 3 rings (SSSR count). The lowest BCUT2D eigenvalue weighted by Crippen LogP contribution is -2.45. The van der Waals surface area contributed by atoms with Crippen LogP contribution in [0.5, 0.6) is 0 Å². The van der Waals surface area contributed by atoms with Crippen molar-refractivity contribution in [2.45, 2.75) is 6.04 Å². The third-order valence-corrected chi connectivity index (χ3v) is 5.04. The molecule has 0 saturated carbocycles. The molecule has 0 radical (unpaired) electrons. The van der Waals surface area contributed by atoms with E-state index in [1.165, 1.54) is 12.1 Å². The van der Waals surface area contributed by atoms with Crippen molar-refractivity contribution in [1.82, 2.24) is 10.2 Å². The fourth-order valence-corrected chi connectivity index (χ4v) is 3.75. The summed E-state index contributed by atoms with van der Waals surface area (Å²) >= 11 is 4.71. The molecule has 2 nitrogen and oxygen atoms in total. The summed E-state index contributed by atoms with van der Waals surface area (Å²) in [4.78, 5) is 2.13. The van der Waals surface area contributed by atoms with Gasteiger partial charge in [0.05, 0.1) is 10.5 Å². The summed E-state index contributed by atoms with van der Waals surface area (Å²) in [7, 11) is 0. The Hall–Kier alpha value is -0.820. The van der Waals surface area contributed by atoms with Crippen LogP contribution in [0, 0.1) is 11.6 Å². The second-order valence-electron chi connectivity index (χ2n) is 5.00. The van der Waals surface area contributed by atoms with E-state index in [2.05, 4.69) is 26.1 Å². The number of thiophene rings is 1. The molecule has 112 valence electrons. The van der Waals surface area contributed by atoms with Gasteiger partial charge in [0.15, 0.2) is 0 Å². The van der Waals surface area contributed by atoms with Crippen LogP contribution < -0.4 is 5.32 Å². The maximum atomic E-state index is 14.5. The summed E-state index contributed by atoms with van der Waals surface area (Å²) in [6.07, 6.45) is 0. The average Bonchev–Trinajstić information content (AvgIpc) is 3.02. The average molecular weight is 373 g/mol. The molecule has 1 aliphatic heterocycles. The Morgan fingerprint density at radius 1 is 1.19 bits per heavy atom. The third-order valence-electron chi connectivity index (χ3n) is 3.73. The fourth-order valence-electron chi connectivity index (χ4n) is 2.72. The predicted molar refractivity (Wildman–Crippen MR) is 84.7 cm³/mol. The highest BCUT2D eigenvalue weighted by atomic mass is 79.9. The molecule has 2 aromatic rings. The molecule has 1 N–H and O–H groups in total. The lowest BCUT2D eigenvalue weighted by Gasteiger charge is -2.35. The minimum Gasteiger partial charge on any atom is -0.314 e. The second-order valence-corrected chi connectivity index (χ2v) is 6.64. The summed E-state index contributed by atoms with van der Waals surface area (Å²) < 4.78 is 29.2. The number of nitrogens with zero attached hydrogens (tertiary/aromatic N) is 1. The van der Waals surface area contributed by atoms with Crippen LogP contribution in [0.2, 0.25) is 0 Å². The Bertz CT molecular complexity index is 612. The maximum Gasteiger partial charge on any atom is 0.145 e. The van der Waals surface area contributed by atoms with Gasteiger partial charge in [0, 0.05) is 31.7 Å². The van der Waals surface area contributed by atoms with E-state index < -0.39 is 11.6 Å². The maximum absolute atomic E-state index is 14.5. The summed E-state index contributed by atoms with van der Waals surface area (Å²) in [6, 6.07) is 4.30. The number of rotatable bonds is 3. The van der Waals surface area contributed by atoms with Crippen LogP contribution in [-0.2, 0) is 0 Å². The Morgan fingerprint density at radius 3 is 2.62 bits per heavy atom. The van der Waals surface area contributed by atoms with Gasteiger partial charge in [-0.15, -0.1) is 0 Å². The first-order valence-corrected chi connectivity index (χ1v) is 8.52. The number of halogens is 3. The monoisotopic (exact) mass is 372 g/mol. The molecule has 0 bridgehead atoms. The highest BCUT2D eigenvalue weighted by Crippen LogP contribution is 2.35. The lowest BCUT2D eigenvalue weighted by atomic mass is 9.97. The molecule has 1 atom stereocenters. The van der Waals surface area contributed by atoms with Gasteiger partial charge in [-0.25, -0.2) is 8.78 Å². The van der Waals surface area contributed by atoms with Gasteiger partial charge in [0.1, 0.15) is 11.6 Å². The highest BCUT2D eigenvalue weighted by molar-refractivity contribution is 9.10. The fraction of sp³-hybridized carbons (Fsp3) is 0.333. The van der Waals surface area contributed by atoms with Crippen molar-refractivity contribution in [3.05, 3.63) is 56.2 Å². The van der Waals surface area contributed by atoms with Crippen LogP contribution in [0.1, 0.15) is 17.2 Å². The van der Waals surface area contributed by atoms with E-state index in [0.717, 1.165) is 31.7 Å². The largest absolute Gasteiger partial charge is 0.314 e. The first kappa shape index (κ1) is 15.1. The van der Waals surface area contributed by atoms with E-state index in [-0.39, 0.29) is 11.6 Å². The zero-order chi connectivity index (χ0) is 14.8. The van der Waals surface area contributed by atoms with Gasteiger partial charge in [-0.05, 0) is 50.5 Å². The van der Waals surface area contributed by atoms with Gasteiger partial charge >= 0.3 is 0 Å². The van der Waals surface area contributed by atoms with E-state index >= 15 is 0 Å². The molecule has 1 fully saturated rings. The molecule has 1 aromatic carbocycles. The van der Waals surface area contributed by atoms with Crippen LogP contribution >= 0.6 is 27.3 Å². The molecular weight excluding hydrogens is 358 g/mol. The molecule has 1 aliphatic rings. The van der Waals surface area contributed by atoms with Crippen molar-refractivity contribution in [1.29, 1.82) is 0 Å². The predicted octanol–water partition coefficient (Wildman–Crippen LogP) is 3.78. The van der Waals surface area contributed by atoms with Gasteiger partial charge < -0.3 is 5.32 Å². The van der Waals surface area contributed by atoms with Crippen molar-refractivity contribution in [2.75, 3.05) is 26.2 Å². The Labute approximate surface area is 134 Å². The van der Waals surface area contributed by atoms with Gasteiger partial charge in [-0.1, -0.05) is 0 Å². The van der Waals surface area contributed by atoms with E-state index in [1.54, 1.807) is 11.3 Å². The van der Waals surface area contributed by atoms with Gasteiger partial charge in [0.2, 0.25) is 0 Å². The molecule has 1 aromatic heterocycles. The van der Waals surface area contributed by atoms with Crippen molar-refractivity contribution in [3.63, 3.8) is 0 Å². The summed E-state index contributed by atoms with van der Waals surface area (Å²) in [5.41, 5.74) is 1.07. The molecule has 0 spiro atoms. The second kappa shape index (κ2) is 6.52. The topological polar surface area (TPSA) is 15.3 Å². The minimum absolute atomic E-state index is 0.129. The standard InChI is InChI=1S/C15H15BrF2N2S/c16-11-1-2-12(17)13(14(11)18)15(10-3-8-21-9-10)20-6-4-19-5-7-20/h1-3,8-9,15,19H,4-7H2/t15-/m0/s1. The summed E-state index contributed by atoms with van der Waals surface area (Å²) in [5, 5.41) is 7.18. The molecule has 1 saturated heterocycles. The minimum atomic E-state index is -0.510. The molecule has 0 amide bonds. The van der Waals surface area contributed by atoms with Crippen LogP contribution in [0.3, 0.4) is 0 Å². The van der Waals surface area contributed by atoms with Crippen molar-refractivity contribution in [3.8, 4) is 0 Å². The molecule has 6 heteroatoms. The highest BCUT2D eigenvalue weighted by Gasteiger charge is 2.30. The third kappa shape index (κ3) is 3.04. The lowest BCUT2D eigenvalue weighted by molar-refractivity contribution is 0.192. The molecular formula is C15H15BrF2N2S. The molecule has 0 aliphatic carbocycles. The van der Waals surface area contributed by atoms with Crippen LogP contribution in [0.4, 0.5) is 8.78 Å². The molecule has 0 unspecified atom stereocenters. The smallest absolute Gasteiger partial charge is 0.145 e. The van der Waals surface area contributed by atoms with Crippen LogP contribution in [0.25, 0.3) is 0 Å². The van der Waals surface area contributed by atoms with Crippen molar-refractivity contribution < 1.29 is 8.78 Å². The van der Waals surface area contributed by atoms with E-state index in [0.29, 0.717) is 4.47 Å². The quantitative estimate of drug-likeness (QED) is 0.824. The normalized spacial score (nSPS) is 17.9. The number of piperazine rings is 1. The number of hydrogen-bond donors (Lipinski definition) is 1. The van der Waals surface area contributed by atoms with Gasteiger partial charge in [-0.3, -0.25) is 4.90 Å². The molecule has 2 heterocycles. The van der Waals surface area contributed by atoms with Crippen molar-refractivity contribution in [2.24, 2.45) is 0 Å². The Balaban J connectivity index is 2.09. The van der Waals surface area contributed by atoms with E-state index in [1.807, 2.05) is 16.8 Å². The number of hydrogen-bond acceptors (Lipinski definition) is 3. The SMILES string of the molecule is Fc1ccc(Br)c(F)c1[C@H](c1ccsc1)N1CCNCC1. The zero-order valence-electron chi connectivity index (χ0n) is 11.3. The van der Waals surface area contributed by atoms with Crippen LogP contribution in [-0.4, -0.2) is 31.1 Å². The summed E-state index contributed by atoms with van der Waals surface area (Å²) in [6.45, 7) is 3.20. The zero-order valence-corrected chi connectivity index (χ0v) is 13.7. The van der Waals surface area contributed by atoms with Gasteiger partial charge in [-0.2, -0.15) is 11.3 Å². The summed E-state index contributed by atoms with van der Waals surface area (Å²) in [5.74, 6) is -1.00. The first-order valence-electron chi connectivity index (χ1n) is 6.78. The van der Waals surface area contributed by atoms with Crippen molar-refractivity contribution >= 4 is 27.3 Å². The van der Waals surface area contributed by atoms with E-state index in [4.69, 9.17) is 0 Å². The van der Waals surface area contributed by atoms with E-state index in [9.17, 15) is 8.78 Å². The Morgan fingerprint density at radius 2 is 1.95 bits per heavy atom. The number of benzene rings is 1. The molecule has 21 heavy (non-hydrogen) atoms. The van der Waals surface area contributed by atoms with Crippen LogP contribution in [0.15, 0.2) is 33.4 Å².